The third kappa shape index (κ3) is 2.08. The summed E-state index contributed by atoms with van der Waals surface area (Å²) in [7, 11) is 1.80. The summed E-state index contributed by atoms with van der Waals surface area (Å²) in [6.07, 6.45) is 0. The Hall–Kier alpha value is -2.16. The lowest BCUT2D eigenvalue weighted by Gasteiger charge is -1.80. The lowest BCUT2D eigenvalue weighted by molar-refractivity contribution is 0.665. The summed E-state index contributed by atoms with van der Waals surface area (Å²) in [5.74, 6) is 0. The standard InChI is InChI=1S/C13H13N3/c1-10-6-4-5-7-11(2)13-12(9-8-10)14-16(3)15-13/h4-9H,1-2H2,3H3. The van der Waals surface area contributed by atoms with Crippen LogP contribution in [0.1, 0.15) is 0 Å². The van der Waals surface area contributed by atoms with E-state index in [1.807, 2.05) is 36.4 Å². The van der Waals surface area contributed by atoms with Crippen molar-refractivity contribution < 1.29 is 0 Å². The molecule has 1 aromatic carbocycles. The topological polar surface area (TPSA) is 30.7 Å². The molecule has 3 nitrogen and oxygen atoms in total. The quantitative estimate of drug-likeness (QED) is 0.648. The molecule has 0 unspecified atom stereocenters. The van der Waals surface area contributed by atoms with Crippen molar-refractivity contribution in [2.24, 2.45) is 7.05 Å². The zero-order valence-electron chi connectivity index (χ0n) is 9.22. The van der Waals surface area contributed by atoms with Crippen LogP contribution in [0.4, 0.5) is 0 Å². The van der Waals surface area contributed by atoms with Gasteiger partial charge in [-0.05, 0) is 16.5 Å². The van der Waals surface area contributed by atoms with E-state index in [4.69, 9.17) is 0 Å². The van der Waals surface area contributed by atoms with E-state index in [-0.39, 0.29) is 0 Å². The molecule has 0 bridgehead atoms. The van der Waals surface area contributed by atoms with E-state index >= 15 is 0 Å². The van der Waals surface area contributed by atoms with Crippen LogP contribution in [0.15, 0.2) is 36.4 Å². The molecule has 1 aromatic heterocycles. The van der Waals surface area contributed by atoms with E-state index < -0.39 is 0 Å². The minimum absolute atomic E-state index is 0.804. The zero-order valence-corrected chi connectivity index (χ0v) is 9.22. The molecule has 0 fully saturated rings. The fourth-order valence-electron chi connectivity index (χ4n) is 1.43. The molecule has 0 aliphatic carbocycles. The highest BCUT2D eigenvalue weighted by molar-refractivity contribution is 5.72. The van der Waals surface area contributed by atoms with Gasteiger partial charge in [-0.3, -0.25) is 0 Å². The van der Waals surface area contributed by atoms with E-state index in [1.165, 1.54) is 0 Å². The predicted octanol–water partition coefficient (Wildman–Crippen LogP) is 0.913. The monoisotopic (exact) mass is 211 g/mol. The molecule has 1 heterocycles. The first-order chi connectivity index (χ1) is 7.66. The fourth-order valence-corrected chi connectivity index (χ4v) is 1.43. The molecule has 0 aliphatic rings. The summed E-state index contributed by atoms with van der Waals surface area (Å²) in [6, 6.07) is 11.5. The van der Waals surface area contributed by atoms with Gasteiger partial charge in [-0.1, -0.05) is 43.5 Å². The van der Waals surface area contributed by atoms with E-state index in [0.29, 0.717) is 0 Å². The second kappa shape index (κ2) is 4.14. The smallest absolute Gasteiger partial charge is 0.119 e. The van der Waals surface area contributed by atoms with Crippen molar-refractivity contribution >= 4 is 24.2 Å². The molecule has 80 valence electrons. The van der Waals surface area contributed by atoms with Crippen molar-refractivity contribution in [3.63, 3.8) is 0 Å². The van der Waals surface area contributed by atoms with Crippen molar-refractivity contribution in [3.8, 4) is 0 Å². The maximum absolute atomic E-state index is 4.28. The van der Waals surface area contributed by atoms with Gasteiger partial charge in [-0.15, -0.1) is 0 Å². The Morgan fingerprint density at radius 2 is 1.75 bits per heavy atom. The molecule has 3 heteroatoms. The Kier molecular flexibility index (Phi) is 2.68. The van der Waals surface area contributed by atoms with Crippen molar-refractivity contribution in [2.75, 3.05) is 0 Å². The highest BCUT2D eigenvalue weighted by Gasteiger charge is 1.95. The Balaban J connectivity index is 2.97. The minimum Gasteiger partial charge on any atom is -0.187 e. The fraction of sp³-hybridized carbons (Fsp3) is 0.0769. The lowest BCUT2D eigenvalue weighted by atomic mass is 10.3. The normalized spacial score (nSPS) is 10.1. The molecule has 0 amide bonds. The van der Waals surface area contributed by atoms with Gasteiger partial charge in [0.15, 0.2) is 0 Å². The van der Waals surface area contributed by atoms with Gasteiger partial charge in [-0.2, -0.15) is 15.0 Å². The third-order valence-corrected chi connectivity index (χ3v) is 2.22. The Morgan fingerprint density at radius 3 is 2.56 bits per heavy atom. The van der Waals surface area contributed by atoms with Crippen LogP contribution in [-0.2, 0) is 7.05 Å². The Bertz CT molecular complexity index is 669. The van der Waals surface area contributed by atoms with Crippen LogP contribution in [0.2, 0.25) is 0 Å². The molecule has 0 saturated heterocycles. The highest BCUT2D eigenvalue weighted by Crippen LogP contribution is 1.97. The van der Waals surface area contributed by atoms with Crippen LogP contribution in [0.25, 0.3) is 24.2 Å². The molecule has 16 heavy (non-hydrogen) atoms. The van der Waals surface area contributed by atoms with Crippen LogP contribution in [0.3, 0.4) is 0 Å². The second-order valence-corrected chi connectivity index (χ2v) is 3.58. The van der Waals surface area contributed by atoms with Crippen LogP contribution in [-0.4, -0.2) is 15.0 Å². The molecule has 2 aromatic rings. The predicted molar refractivity (Wildman–Crippen MR) is 66.4 cm³/mol. The van der Waals surface area contributed by atoms with Gasteiger partial charge in [0.25, 0.3) is 0 Å². The number of rotatable bonds is 0. The Labute approximate surface area is 93.7 Å². The first-order valence-corrected chi connectivity index (χ1v) is 4.99. The Morgan fingerprint density at radius 1 is 1.00 bits per heavy atom. The average Bonchev–Trinajstić information content (AvgIpc) is 2.62. The summed E-state index contributed by atoms with van der Waals surface area (Å²) in [5.41, 5.74) is 1.62. The lowest BCUT2D eigenvalue weighted by Crippen LogP contribution is -1.97. The van der Waals surface area contributed by atoms with Gasteiger partial charge in [0.2, 0.25) is 0 Å². The van der Waals surface area contributed by atoms with E-state index in [1.54, 1.807) is 11.8 Å². The van der Waals surface area contributed by atoms with Crippen LogP contribution >= 0.6 is 0 Å². The van der Waals surface area contributed by atoms with Crippen molar-refractivity contribution in [2.45, 2.75) is 0 Å². The van der Waals surface area contributed by atoms with Crippen molar-refractivity contribution in [1.29, 1.82) is 0 Å². The molecule has 2 rings (SSSR count). The van der Waals surface area contributed by atoms with Gasteiger partial charge >= 0.3 is 0 Å². The summed E-state index contributed by atoms with van der Waals surface area (Å²) in [4.78, 5) is 1.54. The van der Waals surface area contributed by atoms with E-state index in [9.17, 15) is 0 Å². The molecule has 0 atom stereocenters. The SMILES string of the molecule is C=c1ccccc(=C)c2nn(C)nc2cc1. The minimum atomic E-state index is 0.804. The van der Waals surface area contributed by atoms with Crippen LogP contribution < -0.4 is 10.4 Å². The van der Waals surface area contributed by atoms with Crippen LogP contribution in [0.5, 0.6) is 0 Å². The van der Waals surface area contributed by atoms with Gasteiger partial charge < -0.3 is 0 Å². The van der Waals surface area contributed by atoms with Gasteiger partial charge in [0, 0.05) is 7.05 Å². The maximum Gasteiger partial charge on any atom is 0.119 e. The van der Waals surface area contributed by atoms with Crippen LogP contribution in [0, 0.1) is 0 Å². The number of nitrogens with zero attached hydrogens (tertiary/aromatic N) is 3. The molecular weight excluding hydrogens is 198 g/mol. The van der Waals surface area contributed by atoms with Gasteiger partial charge in [-0.25, -0.2) is 0 Å². The van der Waals surface area contributed by atoms with Crippen molar-refractivity contribution in [3.05, 3.63) is 46.8 Å². The van der Waals surface area contributed by atoms with Crippen molar-refractivity contribution in [1.82, 2.24) is 15.0 Å². The van der Waals surface area contributed by atoms with E-state index in [2.05, 4.69) is 23.4 Å². The number of aryl methyl sites for hydroxylation is 1. The average molecular weight is 211 g/mol. The molecule has 0 saturated carbocycles. The maximum atomic E-state index is 4.28. The van der Waals surface area contributed by atoms with Gasteiger partial charge in [0.1, 0.15) is 11.0 Å². The van der Waals surface area contributed by atoms with Gasteiger partial charge in [0.05, 0.1) is 0 Å². The largest absolute Gasteiger partial charge is 0.187 e. The molecule has 0 aliphatic heterocycles. The highest BCUT2D eigenvalue weighted by atomic mass is 15.4. The summed E-state index contributed by atoms with van der Waals surface area (Å²) >= 11 is 0. The molecule has 0 spiro atoms. The summed E-state index contributed by atoms with van der Waals surface area (Å²) < 4.78 is 0. The zero-order chi connectivity index (χ0) is 11.5. The molecule has 0 N–H and O–H groups in total. The summed E-state index contributed by atoms with van der Waals surface area (Å²) in [5, 5.41) is 10.3. The molecule has 0 radical (unpaired) electrons. The second-order valence-electron chi connectivity index (χ2n) is 3.58. The first-order valence-electron chi connectivity index (χ1n) is 4.99. The number of aromatic nitrogens is 3. The van der Waals surface area contributed by atoms with E-state index in [0.717, 1.165) is 21.5 Å². The number of hydrogen-bond donors (Lipinski definition) is 0. The first kappa shape index (κ1) is 10.4. The summed E-state index contributed by atoms with van der Waals surface area (Å²) in [6.45, 7) is 7.87. The number of fused-ring (bicyclic) bond motifs is 1. The molecular formula is C13H13N3. The number of hydrogen-bond acceptors (Lipinski definition) is 2. The third-order valence-electron chi connectivity index (χ3n) is 2.22.